The topological polar surface area (TPSA) is 72.3 Å². The van der Waals surface area contributed by atoms with Crippen LogP contribution in [-0.4, -0.2) is 36.7 Å². The van der Waals surface area contributed by atoms with Crippen molar-refractivity contribution in [1.29, 1.82) is 0 Å². The minimum atomic E-state index is -3.82. The molecule has 2 aromatic rings. The van der Waals surface area contributed by atoms with Crippen molar-refractivity contribution in [3.63, 3.8) is 0 Å². The maximum absolute atomic E-state index is 13.0. The summed E-state index contributed by atoms with van der Waals surface area (Å²) in [6.45, 7) is 0.667. The largest absolute Gasteiger partial charge is 0.365 e. The number of anilines is 1. The summed E-state index contributed by atoms with van der Waals surface area (Å²) in [7, 11) is -2.37. The molecule has 1 unspecified atom stereocenters. The van der Waals surface area contributed by atoms with Crippen molar-refractivity contribution in [2.45, 2.75) is 29.5 Å². The molecule has 1 aliphatic heterocycles. The van der Waals surface area contributed by atoms with E-state index in [0.29, 0.717) is 23.7 Å². The summed E-state index contributed by atoms with van der Waals surface area (Å²) in [4.78, 5) is 14.4. The summed E-state index contributed by atoms with van der Waals surface area (Å²) >= 11 is 6.03. The summed E-state index contributed by atoms with van der Waals surface area (Å²) in [5.41, 5.74) is 0.401. The molecule has 0 amide bonds. The summed E-state index contributed by atoms with van der Waals surface area (Å²) in [5.74, 6) is 0.160. The summed E-state index contributed by atoms with van der Waals surface area (Å²) in [6, 6.07) is 8.87. The monoisotopic (exact) mass is 381 g/mol. The van der Waals surface area contributed by atoms with Gasteiger partial charge in [0.2, 0.25) is 0 Å². The molecule has 1 saturated heterocycles. The standard InChI is InChI=1S/C17H20ClN3O3S/c1-20-17(22)16(25(23,24)12-13-6-3-2-4-7-13)15(11-19-20)21-9-5-8-14(21)10-18/h2-4,6-7,11,14H,5,8-10,12H2,1H3. The maximum Gasteiger partial charge on any atom is 0.287 e. The van der Waals surface area contributed by atoms with Gasteiger partial charge in [0.15, 0.2) is 14.7 Å². The molecule has 1 aromatic carbocycles. The fourth-order valence-electron chi connectivity index (χ4n) is 3.18. The van der Waals surface area contributed by atoms with Gasteiger partial charge in [-0.15, -0.1) is 11.6 Å². The fourth-order valence-corrected chi connectivity index (χ4v) is 5.17. The van der Waals surface area contributed by atoms with Crippen molar-refractivity contribution in [3.05, 3.63) is 52.4 Å². The highest BCUT2D eigenvalue weighted by Gasteiger charge is 2.32. The van der Waals surface area contributed by atoms with E-state index in [4.69, 9.17) is 11.6 Å². The van der Waals surface area contributed by atoms with Gasteiger partial charge >= 0.3 is 0 Å². The van der Waals surface area contributed by atoms with Gasteiger partial charge in [0, 0.05) is 25.5 Å². The van der Waals surface area contributed by atoms with Crippen molar-refractivity contribution in [1.82, 2.24) is 9.78 Å². The lowest BCUT2D eigenvalue weighted by Gasteiger charge is -2.26. The fraction of sp³-hybridized carbons (Fsp3) is 0.412. The first kappa shape index (κ1) is 17.9. The zero-order valence-electron chi connectivity index (χ0n) is 13.9. The number of alkyl halides is 1. The van der Waals surface area contributed by atoms with Crippen LogP contribution in [0, 0.1) is 0 Å². The van der Waals surface area contributed by atoms with Crippen LogP contribution >= 0.6 is 11.6 Å². The third-order valence-corrected chi connectivity index (χ3v) is 6.52. The van der Waals surface area contributed by atoms with Crippen LogP contribution in [0.1, 0.15) is 18.4 Å². The molecule has 0 spiro atoms. The second kappa shape index (κ2) is 7.17. The van der Waals surface area contributed by atoms with Crippen molar-refractivity contribution in [3.8, 4) is 0 Å². The Labute approximate surface area is 152 Å². The Bertz CT molecular complexity index is 912. The third-order valence-electron chi connectivity index (χ3n) is 4.45. The van der Waals surface area contributed by atoms with Crippen molar-refractivity contribution < 1.29 is 8.42 Å². The molecule has 3 rings (SSSR count). The average molecular weight is 382 g/mol. The van der Waals surface area contributed by atoms with E-state index in [1.807, 2.05) is 11.0 Å². The number of rotatable bonds is 5. The lowest BCUT2D eigenvalue weighted by atomic mass is 10.2. The van der Waals surface area contributed by atoms with E-state index in [0.717, 1.165) is 17.5 Å². The number of sulfone groups is 1. The Hall–Kier alpha value is -1.86. The predicted molar refractivity (Wildman–Crippen MR) is 97.9 cm³/mol. The van der Waals surface area contributed by atoms with Crippen molar-refractivity contribution in [2.24, 2.45) is 7.05 Å². The number of nitrogens with zero attached hydrogens (tertiary/aromatic N) is 3. The van der Waals surface area contributed by atoms with Crippen LogP contribution < -0.4 is 10.5 Å². The third kappa shape index (κ3) is 3.57. The highest BCUT2D eigenvalue weighted by atomic mass is 35.5. The van der Waals surface area contributed by atoms with Gasteiger partial charge in [0.05, 0.1) is 17.6 Å². The summed E-state index contributed by atoms with van der Waals surface area (Å²) in [5, 5.41) is 4.03. The lowest BCUT2D eigenvalue weighted by molar-refractivity contribution is 0.586. The minimum Gasteiger partial charge on any atom is -0.365 e. The molecule has 1 fully saturated rings. The van der Waals surface area contributed by atoms with E-state index >= 15 is 0 Å². The second-order valence-corrected chi connectivity index (χ2v) is 8.41. The van der Waals surface area contributed by atoms with Crippen LogP contribution in [0.3, 0.4) is 0 Å². The van der Waals surface area contributed by atoms with Crippen LogP contribution in [0.4, 0.5) is 5.69 Å². The van der Waals surface area contributed by atoms with E-state index in [2.05, 4.69) is 5.10 Å². The Morgan fingerprint density at radius 3 is 2.68 bits per heavy atom. The van der Waals surface area contributed by atoms with Gasteiger partial charge in [0.25, 0.3) is 5.56 Å². The summed E-state index contributed by atoms with van der Waals surface area (Å²) < 4.78 is 27.2. The molecule has 1 aliphatic rings. The average Bonchev–Trinajstić information content (AvgIpc) is 3.06. The SMILES string of the molecule is Cn1ncc(N2CCCC2CCl)c(S(=O)(=O)Cc2ccccc2)c1=O. The molecule has 134 valence electrons. The van der Waals surface area contributed by atoms with E-state index in [1.54, 1.807) is 24.3 Å². The Kier molecular flexibility index (Phi) is 5.15. The van der Waals surface area contributed by atoms with E-state index in [-0.39, 0.29) is 16.7 Å². The Morgan fingerprint density at radius 2 is 2.00 bits per heavy atom. The molecule has 1 atom stereocenters. The van der Waals surface area contributed by atoms with Gasteiger partial charge in [-0.2, -0.15) is 5.10 Å². The summed E-state index contributed by atoms with van der Waals surface area (Å²) in [6.07, 6.45) is 3.24. The second-order valence-electron chi connectivity index (χ2n) is 6.18. The molecule has 1 aromatic heterocycles. The molecular formula is C17H20ClN3O3S. The van der Waals surface area contributed by atoms with Gasteiger partial charge in [-0.25, -0.2) is 13.1 Å². The van der Waals surface area contributed by atoms with E-state index in [1.165, 1.54) is 13.2 Å². The highest BCUT2D eigenvalue weighted by Crippen LogP contribution is 2.30. The number of hydrogen-bond acceptors (Lipinski definition) is 5. The minimum absolute atomic E-state index is 0.0150. The van der Waals surface area contributed by atoms with Crippen LogP contribution in [0.5, 0.6) is 0 Å². The molecule has 0 saturated carbocycles. The molecule has 2 heterocycles. The molecular weight excluding hydrogens is 362 g/mol. The maximum atomic E-state index is 13.0. The molecule has 6 nitrogen and oxygen atoms in total. The molecule has 0 aliphatic carbocycles. The van der Waals surface area contributed by atoms with E-state index in [9.17, 15) is 13.2 Å². The van der Waals surface area contributed by atoms with Gasteiger partial charge in [-0.3, -0.25) is 4.79 Å². The van der Waals surface area contributed by atoms with Gasteiger partial charge < -0.3 is 4.90 Å². The Balaban J connectivity index is 2.11. The van der Waals surface area contributed by atoms with E-state index < -0.39 is 15.4 Å². The first-order valence-electron chi connectivity index (χ1n) is 8.09. The normalized spacial score (nSPS) is 17.8. The van der Waals surface area contributed by atoms with Crippen molar-refractivity contribution in [2.75, 3.05) is 17.3 Å². The quantitative estimate of drug-likeness (QED) is 0.740. The number of hydrogen-bond donors (Lipinski definition) is 0. The van der Waals surface area contributed by atoms with Crippen LogP contribution in [0.2, 0.25) is 0 Å². The smallest absolute Gasteiger partial charge is 0.287 e. The van der Waals surface area contributed by atoms with Gasteiger partial charge in [-0.05, 0) is 18.4 Å². The lowest BCUT2D eigenvalue weighted by Crippen LogP contribution is -2.36. The number of aryl methyl sites for hydroxylation is 1. The first-order chi connectivity index (χ1) is 11.9. The molecule has 8 heteroatoms. The zero-order valence-corrected chi connectivity index (χ0v) is 15.5. The zero-order chi connectivity index (χ0) is 18.0. The first-order valence-corrected chi connectivity index (χ1v) is 10.3. The number of halogens is 1. The van der Waals surface area contributed by atoms with Crippen LogP contribution in [0.15, 0.2) is 46.2 Å². The van der Waals surface area contributed by atoms with Gasteiger partial charge in [-0.1, -0.05) is 30.3 Å². The highest BCUT2D eigenvalue weighted by molar-refractivity contribution is 7.90. The molecule has 0 radical (unpaired) electrons. The number of benzene rings is 1. The van der Waals surface area contributed by atoms with Crippen LogP contribution in [-0.2, 0) is 22.6 Å². The molecule has 0 N–H and O–H groups in total. The predicted octanol–water partition coefficient (Wildman–Crippen LogP) is 1.96. The molecule has 25 heavy (non-hydrogen) atoms. The van der Waals surface area contributed by atoms with Crippen molar-refractivity contribution >= 4 is 27.1 Å². The number of aromatic nitrogens is 2. The molecule has 0 bridgehead atoms. The van der Waals surface area contributed by atoms with Gasteiger partial charge in [0.1, 0.15) is 0 Å². The Morgan fingerprint density at radius 1 is 1.28 bits per heavy atom. The van der Waals surface area contributed by atoms with Crippen LogP contribution in [0.25, 0.3) is 0 Å².